The minimum absolute atomic E-state index is 0.747. The molecule has 2 aromatic carbocycles. The average Bonchev–Trinajstić information content (AvgIpc) is 2.87. The van der Waals surface area contributed by atoms with E-state index >= 15 is 0 Å². The zero-order valence-electron chi connectivity index (χ0n) is 18.3. The van der Waals surface area contributed by atoms with Crippen molar-refractivity contribution in [2.45, 2.75) is 10.8 Å². The molecule has 2 aromatic heterocycles. The van der Waals surface area contributed by atoms with Crippen LogP contribution in [-0.2, 0) is 5.75 Å². The fraction of sp³-hybridized carbons (Fsp3) is 0.240. The highest BCUT2D eigenvalue weighted by Crippen LogP contribution is 2.35. The van der Waals surface area contributed by atoms with Gasteiger partial charge in [-0.05, 0) is 42.5 Å². The lowest BCUT2D eigenvalue weighted by atomic mass is 10.2. The van der Waals surface area contributed by atoms with E-state index in [-0.39, 0.29) is 0 Å². The fourth-order valence-corrected chi connectivity index (χ4v) is 5.36. The molecule has 0 spiro atoms. The van der Waals surface area contributed by atoms with Crippen molar-refractivity contribution < 1.29 is 4.74 Å². The van der Waals surface area contributed by atoms with Crippen LogP contribution in [0, 0.1) is 0 Å². The summed E-state index contributed by atoms with van der Waals surface area (Å²) in [5, 5.41) is 0.946. The van der Waals surface area contributed by atoms with Gasteiger partial charge in [-0.2, -0.15) is 0 Å². The van der Waals surface area contributed by atoms with Gasteiger partial charge in [0.25, 0.3) is 0 Å². The number of ether oxygens (including phenoxy) is 1. The molecule has 0 atom stereocenters. The van der Waals surface area contributed by atoms with Gasteiger partial charge in [0, 0.05) is 48.2 Å². The summed E-state index contributed by atoms with van der Waals surface area (Å²) < 4.78 is 6.60. The molecule has 0 aliphatic carbocycles. The zero-order valence-corrected chi connectivity index (χ0v) is 20.7. The molecule has 0 N–H and O–H groups in total. The molecule has 3 heterocycles. The number of hydrogen-bond donors (Lipinski definition) is 0. The SMILES string of the molecule is COc1ccc(Br)cc1CSc1nc2ccccc2nc1N1CCN(c2ccccn2)CC1. The largest absolute Gasteiger partial charge is 0.496 e. The zero-order chi connectivity index (χ0) is 22.6. The van der Waals surface area contributed by atoms with Gasteiger partial charge in [0.05, 0.1) is 18.1 Å². The molecule has 0 amide bonds. The normalized spacial score (nSPS) is 14.0. The Hall–Kier alpha value is -2.84. The molecule has 0 radical (unpaired) electrons. The Bertz CT molecular complexity index is 1250. The highest BCUT2D eigenvalue weighted by molar-refractivity contribution is 9.10. The van der Waals surface area contributed by atoms with Crippen LogP contribution in [0.25, 0.3) is 11.0 Å². The van der Waals surface area contributed by atoms with Crippen LogP contribution < -0.4 is 14.5 Å². The number of piperazine rings is 1. The molecule has 4 aromatic rings. The Kier molecular flexibility index (Phi) is 6.64. The van der Waals surface area contributed by atoms with Crippen LogP contribution in [0.1, 0.15) is 5.56 Å². The molecule has 0 bridgehead atoms. The smallest absolute Gasteiger partial charge is 0.162 e. The minimum atomic E-state index is 0.747. The molecule has 6 nitrogen and oxygen atoms in total. The van der Waals surface area contributed by atoms with Crippen molar-refractivity contribution in [3.63, 3.8) is 0 Å². The van der Waals surface area contributed by atoms with E-state index < -0.39 is 0 Å². The molecule has 1 aliphatic rings. The third-order valence-electron chi connectivity index (χ3n) is 5.68. The van der Waals surface area contributed by atoms with E-state index in [1.165, 1.54) is 0 Å². The molecular formula is C25H24BrN5OS. The van der Waals surface area contributed by atoms with Gasteiger partial charge in [-0.3, -0.25) is 0 Å². The number of pyridine rings is 1. The second kappa shape index (κ2) is 9.97. The Morgan fingerprint density at radius 3 is 2.36 bits per heavy atom. The summed E-state index contributed by atoms with van der Waals surface area (Å²) in [6, 6.07) is 20.2. The lowest BCUT2D eigenvalue weighted by molar-refractivity contribution is 0.411. The van der Waals surface area contributed by atoms with Crippen LogP contribution >= 0.6 is 27.7 Å². The van der Waals surface area contributed by atoms with Gasteiger partial charge in [-0.25, -0.2) is 15.0 Å². The van der Waals surface area contributed by atoms with Crippen LogP contribution in [0.4, 0.5) is 11.6 Å². The number of para-hydroxylation sites is 2. The van der Waals surface area contributed by atoms with Gasteiger partial charge in [0.1, 0.15) is 16.6 Å². The van der Waals surface area contributed by atoms with Gasteiger partial charge in [0.15, 0.2) is 5.82 Å². The van der Waals surface area contributed by atoms with Crippen molar-refractivity contribution in [3.05, 3.63) is 76.9 Å². The number of halogens is 1. The molecule has 168 valence electrons. The quantitative estimate of drug-likeness (QED) is 0.314. The number of methoxy groups -OCH3 is 1. The van der Waals surface area contributed by atoms with E-state index in [2.05, 4.69) is 42.8 Å². The average molecular weight is 522 g/mol. The Balaban J connectivity index is 1.41. The monoisotopic (exact) mass is 521 g/mol. The first-order valence-corrected chi connectivity index (χ1v) is 12.6. The summed E-state index contributed by atoms with van der Waals surface area (Å²) in [6.07, 6.45) is 1.85. The van der Waals surface area contributed by atoms with E-state index in [0.717, 1.165) is 75.4 Å². The van der Waals surface area contributed by atoms with E-state index in [4.69, 9.17) is 14.7 Å². The second-order valence-electron chi connectivity index (χ2n) is 7.75. The van der Waals surface area contributed by atoms with Gasteiger partial charge in [0.2, 0.25) is 0 Å². The number of anilines is 2. The van der Waals surface area contributed by atoms with Crippen LogP contribution in [0.2, 0.25) is 0 Å². The number of aromatic nitrogens is 3. The van der Waals surface area contributed by atoms with Crippen molar-refractivity contribution >= 4 is 50.4 Å². The van der Waals surface area contributed by atoms with Gasteiger partial charge in [-0.15, -0.1) is 0 Å². The predicted octanol–water partition coefficient (Wildman–Crippen LogP) is 5.41. The summed E-state index contributed by atoms with van der Waals surface area (Å²) in [4.78, 5) is 19.2. The predicted molar refractivity (Wildman–Crippen MR) is 138 cm³/mol. The molecule has 8 heteroatoms. The highest BCUT2D eigenvalue weighted by atomic mass is 79.9. The maximum atomic E-state index is 5.57. The Morgan fingerprint density at radius 1 is 0.909 bits per heavy atom. The third kappa shape index (κ3) is 4.91. The van der Waals surface area contributed by atoms with Crippen LogP contribution in [-0.4, -0.2) is 48.2 Å². The number of hydrogen-bond acceptors (Lipinski definition) is 7. The van der Waals surface area contributed by atoms with Crippen LogP contribution in [0.3, 0.4) is 0 Å². The minimum Gasteiger partial charge on any atom is -0.496 e. The first-order chi connectivity index (χ1) is 16.2. The van der Waals surface area contributed by atoms with Crippen molar-refractivity contribution in [1.82, 2.24) is 15.0 Å². The first-order valence-electron chi connectivity index (χ1n) is 10.8. The number of nitrogens with zero attached hydrogens (tertiary/aromatic N) is 5. The van der Waals surface area contributed by atoms with Gasteiger partial charge in [-0.1, -0.05) is 45.9 Å². The summed E-state index contributed by atoms with van der Waals surface area (Å²) in [5.74, 6) is 3.60. The highest BCUT2D eigenvalue weighted by Gasteiger charge is 2.23. The summed E-state index contributed by atoms with van der Waals surface area (Å²) in [7, 11) is 1.71. The topological polar surface area (TPSA) is 54.4 Å². The fourth-order valence-electron chi connectivity index (χ4n) is 3.97. The standard InChI is InChI=1S/C25H24BrN5OS/c1-32-22-10-9-19(26)16-18(22)17-33-25-24(28-20-6-2-3-7-21(20)29-25)31-14-12-30(13-15-31)23-8-4-5-11-27-23/h2-11,16H,12-15,17H2,1H3. The number of rotatable bonds is 6. The lowest BCUT2D eigenvalue weighted by Gasteiger charge is -2.36. The lowest BCUT2D eigenvalue weighted by Crippen LogP contribution is -2.47. The Labute approximate surface area is 206 Å². The van der Waals surface area contributed by atoms with E-state index in [1.807, 2.05) is 54.7 Å². The third-order valence-corrected chi connectivity index (χ3v) is 7.18. The van der Waals surface area contributed by atoms with Gasteiger partial charge < -0.3 is 14.5 Å². The Morgan fingerprint density at radius 2 is 1.64 bits per heavy atom. The molecular weight excluding hydrogens is 498 g/mol. The maximum absolute atomic E-state index is 5.57. The van der Waals surface area contributed by atoms with E-state index in [1.54, 1.807) is 18.9 Å². The molecule has 1 aliphatic heterocycles. The van der Waals surface area contributed by atoms with Gasteiger partial charge >= 0.3 is 0 Å². The van der Waals surface area contributed by atoms with Crippen molar-refractivity contribution in [2.24, 2.45) is 0 Å². The second-order valence-corrected chi connectivity index (χ2v) is 9.63. The van der Waals surface area contributed by atoms with Crippen molar-refractivity contribution in [3.8, 4) is 5.75 Å². The molecule has 5 rings (SSSR count). The molecule has 0 saturated carbocycles. The summed E-state index contributed by atoms with van der Waals surface area (Å²) >= 11 is 5.28. The molecule has 1 fully saturated rings. The molecule has 1 saturated heterocycles. The van der Waals surface area contributed by atoms with Crippen molar-refractivity contribution in [1.29, 1.82) is 0 Å². The molecule has 0 unspecified atom stereocenters. The number of thioether (sulfide) groups is 1. The van der Waals surface area contributed by atoms with E-state index in [0.29, 0.717) is 0 Å². The first kappa shape index (κ1) is 22.0. The number of fused-ring (bicyclic) bond motifs is 1. The van der Waals surface area contributed by atoms with E-state index in [9.17, 15) is 0 Å². The summed E-state index contributed by atoms with van der Waals surface area (Å²) in [6.45, 7) is 3.54. The summed E-state index contributed by atoms with van der Waals surface area (Å²) in [5.41, 5.74) is 2.96. The number of benzene rings is 2. The molecule has 33 heavy (non-hydrogen) atoms. The maximum Gasteiger partial charge on any atom is 0.162 e. The van der Waals surface area contributed by atoms with Crippen LogP contribution in [0.15, 0.2) is 76.4 Å². The van der Waals surface area contributed by atoms with Crippen LogP contribution in [0.5, 0.6) is 5.75 Å². The van der Waals surface area contributed by atoms with Crippen molar-refractivity contribution in [2.75, 3.05) is 43.1 Å².